The van der Waals surface area contributed by atoms with Crippen LogP contribution < -0.4 is 10.2 Å². The van der Waals surface area contributed by atoms with Gasteiger partial charge in [0.2, 0.25) is 0 Å². The highest BCUT2D eigenvalue weighted by Crippen LogP contribution is 2.31. The molecular formula is C31H35Cl2N5O3. The Morgan fingerprint density at radius 2 is 1.78 bits per heavy atom. The Morgan fingerprint density at radius 1 is 0.976 bits per heavy atom. The molecule has 0 unspecified atom stereocenters. The number of halogens is 2. The lowest BCUT2D eigenvalue weighted by Crippen LogP contribution is -2.35. The molecule has 2 N–H and O–H groups in total. The van der Waals surface area contributed by atoms with Gasteiger partial charge in [-0.1, -0.05) is 48.9 Å². The number of aromatic nitrogens is 2. The monoisotopic (exact) mass is 595 g/mol. The summed E-state index contributed by atoms with van der Waals surface area (Å²) >= 11 is 0. The second-order valence-electron chi connectivity index (χ2n) is 10.4. The zero-order valence-electron chi connectivity index (χ0n) is 22.8. The van der Waals surface area contributed by atoms with Gasteiger partial charge in [-0.3, -0.25) is 10.1 Å². The first-order valence-electron chi connectivity index (χ1n) is 13.7. The lowest BCUT2D eigenvalue weighted by molar-refractivity contribution is 0.0753. The number of nitrogens with one attached hydrogen (secondary N) is 2. The van der Waals surface area contributed by atoms with Crippen molar-refractivity contribution in [1.82, 2.24) is 14.9 Å². The highest BCUT2D eigenvalue weighted by atomic mass is 35.5. The molecule has 3 aromatic carbocycles. The van der Waals surface area contributed by atoms with Crippen LogP contribution in [0.3, 0.4) is 0 Å². The second kappa shape index (κ2) is 13.7. The van der Waals surface area contributed by atoms with Gasteiger partial charge < -0.3 is 19.5 Å². The molecule has 41 heavy (non-hydrogen) atoms. The van der Waals surface area contributed by atoms with E-state index in [1.54, 1.807) is 6.33 Å². The average molecular weight is 597 g/mol. The molecule has 216 valence electrons. The van der Waals surface area contributed by atoms with Gasteiger partial charge >= 0.3 is 6.09 Å². The summed E-state index contributed by atoms with van der Waals surface area (Å²) < 4.78 is 5.68. The first-order valence-corrected chi connectivity index (χ1v) is 13.7. The number of carbonyl (C=O) groups excluding carboxylic acids is 2. The number of carbonyl (C=O) groups is 2. The zero-order valence-corrected chi connectivity index (χ0v) is 24.4. The number of rotatable bonds is 5. The van der Waals surface area contributed by atoms with Crippen LogP contribution >= 0.6 is 24.8 Å². The third kappa shape index (κ3) is 6.94. The normalized spacial score (nSPS) is 15.2. The van der Waals surface area contributed by atoms with E-state index in [0.717, 1.165) is 53.4 Å². The molecule has 2 heterocycles. The van der Waals surface area contributed by atoms with E-state index in [9.17, 15) is 9.59 Å². The van der Waals surface area contributed by atoms with Crippen LogP contribution in [0.5, 0.6) is 0 Å². The number of hydrogen-bond donors (Lipinski definition) is 2. The van der Waals surface area contributed by atoms with Crippen LogP contribution in [-0.2, 0) is 17.8 Å². The van der Waals surface area contributed by atoms with E-state index in [1.165, 1.54) is 6.42 Å². The zero-order chi connectivity index (χ0) is 26.6. The summed E-state index contributed by atoms with van der Waals surface area (Å²) in [7, 11) is 0. The Hall–Kier alpha value is -3.75. The van der Waals surface area contributed by atoms with Crippen molar-refractivity contribution in [1.29, 1.82) is 0 Å². The first-order chi connectivity index (χ1) is 19.1. The fraction of sp³-hybridized carbons (Fsp3) is 0.323. The standard InChI is InChI=1S/C31H33N5O3.2ClH/c37-30(28-12-6-8-22-7-4-5-11-27(22)28)36-16-15-35(20-25-18-32-21-33-25)29-17-24(14-13-23(29)19-36)34-31(38)39-26-9-2-1-3-10-26;;/h4-8,11-14,17-18,21,26H,1-3,9-10,15-16,19-20H2,(H,32,33)(H,34,38);2*1H. The van der Waals surface area contributed by atoms with Gasteiger partial charge in [0.1, 0.15) is 6.10 Å². The highest BCUT2D eigenvalue weighted by Gasteiger charge is 2.26. The fourth-order valence-corrected chi connectivity index (χ4v) is 5.69. The molecule has 0 radical (unpaired) electrons. The Labute approximate surface area is 252 Å². The van der Waals surface area contributed by atoms with Crippen molar-refractivity contribution in [3.05, 3.63) is 90.0 Å². The van der Waals surface area contributed by atoms with Crippen molar-refractivity contribution in [3.8, 4) is 0 Å². The van der Waals surface area contributed by atoms with Crippen molar-refractivity contribution >= 4 is 59.0 Å². The number of ether oxygens (including phenoxy) is 1. The summed E-state index contributed by atoms with van der Waals surface area (Å²) in [5.41, 5.74) is 4.36. The van der Waals surface area contributed by atoms with Gasteiger partial charge in [-0.15, -0.1) is 24.8 Å². The van der Waals surface area contributed by atoms with E-state index in [2.05, 4.69) is 20.2 Å². The van der Waals surface area contributed by atoms with Crippen molar-refractivity contribution in [2.45, 2.75) is 51.3 Å². The van der Waals surface area contributed by atoms with E-state index in [4.69, 9.17) is 4.74 Å². The van der Waals surface area contributed by atoms with Crippen LogP contribution in [0.1, 0.15) is 53.7 Å². The molecule has 1 aliphatic carbocycles. The second-order valence-corrected chi connectivity index (χ2v) is 10.4. The molecule has 8 nitrogen and oxygen atoms in total. The molecule has 2 amide bonds. The van der Waals surface area contributed by atoms with Gasteiger partial charge in [0.05, 0.1) is 18.6 Å². The Bertz CT molecular complexity index is 1470. The van der Waals surface area contributed by atoms with E-state index in [-0.39, 0.29) is 36.8 Å². The number of H-pyrrole nitrogens is 1. The maximum atomic E-state index is 13.8. The lowest BCUT2D eigenvalue weighted by Gasteiger charge is -2.25. The van der Waals surface area contributed by atoms with Crippen LogP contribution in [0.15, 0.2) is 73.2 Å². The maximum Gasteiger partial charge on any atom is 0.411 e. The van der Waals surface area contributed by atoms with Gasteiger partial charge in [0.25, 0.3) is 5.91 Å². The van der Waals surface area contributed by atoms with Gasteiger partial charge in [0, 0.05) is 42.8 Å². The van der Waals surface area contributed by atoms with Crippen molar-refractivity contribution in [2.75, 3.05) is 23.3 Å². The number of imidazole rings is 1. The summed E-state index contributed by atoms with van der Waals surface area (Å²) in [5, 5.41) is 4.94. The third-order valence-electron chi connectivity index (χ3n) is 7.72. The Kier molecular flexibility index (Phi) is 10.1. The first kappa shape index (κ1) is 30.2. The predicted molar refractivity (Wildman–Crippen MR) is 166 cm³/mol. The van der Waals surface area contributed by atoms with Crippen LogP contribution in [0.2, 0.25) is 0 Å². The topological polar surface area (TPSA) is 90.6 Å². The molecule has 0 spiro atoms. The van der Waals surface area contributed by atoms with Crippen LogP contribution in [0.4, 0.5) is 16.2 Å². The van der Waals surface area contributed by atoms with Crippen LogP contribution in [0, 0.1) is 0 Å². The molecule has 0 atom stereocenters. The summed E-state index contributed by atoms with van der Waals surface area (Å²) in [4.78, 5) is 38.0. The molecule has 1 aromatic heterocycles. The number of benzene rings is 3. The largest absolute Gasteiger partial charge is 0.446 e. The maximum absolute atomic E-state index is 13.8. The molecule has 1 saturated carbocycles. The number of hydrogen-bond acceptors (Lipinski definition) is 5. The fourth-order valence-electron chi connectivity index (χ4n) is 5.69. The minimum absolute atomic E-state index is 0. The number of nitrogens with zero attached hydrogens (tertiary/aromatic N) is 3. The van der Waals surface area contributed by atoms with Gasteiger partial charge in [-0.25, -0.2) is 9.78 Å². The van der Waals surface area contributed by atoms with Gasteiger partial charge in [-0.05, 0) is 60.2 Å². The minimum Gasteiger partial charge on any atom is -0.446 e. The van der Waals surface area contributed by atoms with Crippen molar-refractivity contribution in [2.24, 2.45) is 0 Å². The molecule has 2 aliphatic rings. The molecule has 6 rings (SSSR count). The van der Waals surface area contributed by atoms with Crippen molar-refractivity contribution in [3.63, 3.8) is 0 Å². The number of fused-ring (bicyclic) bond motifs is 2. The Balaban J connectivity index is 0.00000194. The van der Waals surface area contributed by atoms with E-state index < -0.39 is 6.09 Å². The molecule has 10 heteroatoms. The van der Waals surface area contributed by atoms with Crippen LogP contribution in [-0.4, -0.2) is 46.1 Å². The van der Waals surface area contributed by atoms with E-state index in [0.29, 0.717) is 37.4 Å². The molecule has 0 saturated heterocycles. The molecule has 1 aliphatic heterocycles. The number of anilines is 2. The van der Waals surface area contributed by atoms with Gasteiger partial charge in [-0.2, -0.15) is 0 Å². The number of aromatic amines is 1. The van der Waals surface area contributed by atoms with Crippen LogP contribution in [0.25, 0.3) is 10.8 Å². The molecular weight excluding hydrogens is 561 g/mol. The minimum atomic E-state index is -0.414. The highest BCUT2D eigenvalue weighted by molar-refractivity contribution is 6.07. The lowest BCUT2D eigenvalue weighted by atomic mass is 9.98. The summed E-state index contributed by atoms with van der Waals surface area (Å²) in [6.45, 7) is 2.29. The molecule has 1 fully saturated rings. The quantitative estimate of drug-likeness (QED) is 0.260. The smallest absolute Gasteiger partial charge is 0.411 e. The SMILES string of the molecule is Cl.Cl.O=C(Nc1ccc2c(c1)N(Cc1cnc[nH]1)CCN(C(=O)c1cccc3ccccc13)C2)OC1CCCCC1. The average Bonchev–Trinajstić information content (AvgIpc) is 3.41. The third-order valence-corrected chi connectivity index (χ3v) is 7.72. The number of amides is 2. The van der Waals surface area contributed by atoms with Crippen molar-refractivity contribution < 1.29 is 14.3 Å². The summed E-state index contributed by atoms with van der Waals surface area (Å²) in [5.74, 6) is 0.0133. The summed E-state index contributed by atoms with van der Waals surface area (Å²) in [6, 6.07) is 19.7. The molecule has 4 aromatic rings. The summed E-state index contributed by atoms with van der Waals surface area (Å²) in [6.07, 6.45) is 8.33. The van der Waals surface area contributed by atoms with Gasteiger partial charge in [0.15, 0.2) is 0 Å². The molecule has 0 bridgehead atoms. The Morgan fingerprint density at radius 3 is 2.59 bits per heavy atom. The predicted octanol–water partition coefficient (Wildman–Crippen LogP) is 6.95. The van der Waals surface area contributed by atoms with E-state index in [1.807, 2.05) is 71.8 Å². The van der Waals surface area contributed by atoms with E-state index >= 15 is 0 Å².